The van der Waals surface area contributed by atoms with Crippen molar-refractivity contribution in [2.75, 3.05) is 0 Å². The number of carbonyl (C=O) groups is 1. The van der Waals surface area contributed by atoms with Crippen LogP contribution in [0.4, 0.5) is 5.69 Å². The molecule has 108 valence electrons. The van der Waals surface area contributed by atoms with Gasteiger partial charge in [0, 0.05) is 23.7 Å². The molecule has 0 spiro atoms. The molecule has 1 heterocycles. The van der Waals surface area contributed by atoms with Crippen molar-refractivity contribution in [3.05, 3.63) is 51.2 Å². The summed E-state index contributed by atoms with van der Waals surface area (Å²) in [7, 11) is 0. The van der Waals surface area contributed by atoms with E-state index in [0.29, 0.717) is 16.3 Å². The number of aromatic carboxylic acids is 1. The number of hydrogen-bond donors (Lipinski definition) is 1. The van der Waals surface area contributed by atoms with Crippen LogP contribution in [0, 0.1) is 10.1 Å². The fraction of sp³-hybridized carbons (Fsp3) is 0.214. The van der Waals surface area contributed by atoms with E-state index in [1.807, 2.05) is 0 Å². The number of nitro groups is 1. The van der Waals surface area contributed by atoms with Crippen molar-refractivity contribution in [1.82, 2.24) is 4.57 Å². The molecule has 0 saturated heterocycles. The number of nitro benzene ring substituents is 1. The van der Waals surface area contributed by atoms with E-state index in [0.717, 1.165) is 12.8 Å². The number of benzene rings is 1. The Labute approximate surface area is 124 Å². The lowest BCUT2D eigenvalue weighted by molar-refractivity contribution is -0.384. The zero-order valence-electron chi connectivity index (χ0n) is 10.8. The van der Waals surface area contributed by atoms with Gasteiger partial charge < -0.3 is 9.67 Å². The van der Waals surface area contributed by atoms with E-state index in [9.17, 15) is 20.0 Å². The number of non-ortho nitro benzene ring substituents is 1. The maximum absolute atomic E-state index is 11.3. The minimum Gasteiger partial charge on any atom is -0.477 e. The van der Waals surface area contributed by atoms with Crippen LogP contribution >= 0.6 is 11.6 Å². The first-order valence-electron chi connectivity index (χ1n) is 6.38. The fourth-order valence-electron chi connectivity index (χ4n) is 2.39. The molecule has 2 aromatic rings. The van der Waals surface area contributed by atoms with Crippen molar-refractivity contribution < 1.29 is 14.8 Å². The van der Waals surface area contributed by atoms with Gasteiger partial charge >= 0.3 is 5.97 Å². The molecule has 21 heavy (non-hydrogen) atoms. The van der Waals surface area contributed by atoms with Gasteiger partial charge in [0.1, 0.15) is 5.69 Å². The molecule has 1 aromatic heterocycles. The Bertz CT molecular complexity index is 749. The van der Waals surface area contributed by atoms with Crippen LogP contribution in [0.1, 0.15) is 29.4 Å². The van der Waals surface area contributed by atoms with E-state index in [1.165, 1.54) is 24.3 Å². The Morgan fingerprint density at radius 1 is 1.33 bits per heavy atom. The zero-order valence-corrected chi connectivity index (χ0v) is 11.6. The van der Waals surface area contributed by atoms with Gasteiger partial charge in [-0.25, -0.2) is 4.79 Å². The van der Waals surface area contributed by atoms with Crippen molar-refractivity contribution in [2.24, 2.45) is 0 Å². The minimum atomic E-state index is -1.02. The van der Waals surface area contributed by atoms with Gasteiger partial charge in [0.05, 0.1) is 15.6 Å². The molecule has 1 aromatic carbocycles. The van der Waals surface area contributed by atoms with Crippen LogP contribution in [0.5, 0.6) is 0 Å². The molecule has 0 amide bonds. The van der Waals surface area contributed by atoms with Crippen LogP contribution in [-0.2, 0) is 0 Å². The Hall–Kier alpha value is -2.34. The number of carboxylic acids is 1. The molecule has 0 aliphatic heterocycles. The lowest BCUT2D eigenvalue weighted by Crippen LogP contribution is -2.08. The molecule has 0 unspecified atom stereocenters. The summed E-state index contributed by atoms with van der Waals surface area (Å²) in [6.07, 6.45) is 1.79. The molecule has 6 nitrogen and oxygen atoms in total. The number of hydrogen-bond acceptors (Lipinski definition) is 3. The molecule has 0 atom stereocenters. The third kappa shape index (κ3) is 2.38. The van der Waals surface area contributed by atoms with Gasteiger partial charge in [0.15, 0.2) is 0 Å². The molecule has 1 fully saturated rings. The van der Waals surface area contributed by atoms with E-state index in [1.54, 1.807) is 10.6 Å². The van der Waals surface area contributed by atoms with Crippen LogP contribution in [0.25, 0.3) is 11.3 Å². The van der Waals surface area contributed by atoms with Crippen molar-refractivity contribution in [2.45, 2.75) is 18.9 Å². The molecular weight excluding hydrogens is 296 g/mol. The third-order valence-corrected chi connectivity index (χ3v) is 3.82. The predicted molar refractivity (Wildman–Crippen MR) is 76.8 cm³/mol. The summed E-state index contributed by atoms with van der Waals surface area (Å²) < 4.78 is 1.70. The van der Waals surface area contributed by atoms with Gasteiger partial charge in [-0.3, -0.25) is 10.1 Å². The van der Waals surface area contributed by atoms with Crippen LogP contribution in [0.2, 0.25) is 5.02 Å². The molecule has 1 N–H and O–H groups in total. The summed E-state index contributed by atoms with van der Waals surface area (Å²) in [6, 6.07) is 7.44. The standard InChI is InChI=1S/C14H11ClN2O4/c15-11-4-3-9(17(20)21)7-10(11)12-5-6-13(14(18)19)16(12)8-1-2-8/h3-8H,1-2H2,(H,18,19). The Morgan fingerprint density at radius 2 is 2.05 bits per heavy atom. The van der Waals surface area contributed by atoms with E-state index in [-0.39, 0.29) is 17.4 Å². The molecule has 1 aliphatic carbocycles. The average Bonchev–Trinajstić information content (AvgIpc) is 3.17. The van der Waals surface area contributed by atoms with Gasteiger partial charge in [-0.2, -0.15) is 0 Å². The number of halogens is 1. The summed E-state index contributed by atoms with van der Waals surface area (Å²) in [5.74, 6) is -1.02. The first-order valence-corrected chi connectivity index (χ1v) is 6.75. The van der Waals surface area contributed by atoms with Gasteiger partial charge in [-0.15, -0.1) is 0 Å². The van der Waals surface area contributed by atoms with Gasteiger partial charge in [-0.05, 0) is 31.0 Å². The third-order valence-electron chi connectivity index (χ3n) is 3.49. The monoisotopic (exact) mass is 306 g/mol. The Balaban J connectivity index is 2.19. The summed E-state index contributed by atoms with van der Waals surface area (Å²) in [4.78, 5) is 21.7. The molecular formula is C14H11ClN2O4. The summed E-state index contributed by atoms with van der Waals surface area (Å²) in [5.41, 5.74) is 1.18. The molecule has 1 saturated carbocycles. The second kappa shape index (κ2) is 4.89. The first kappa shape index (κ1) is 13.6. The maximum Gasteiger partial charge on any atom is 0.352 e. The summed E-state index contributed by atoms with van der Waals surface area (Å²) in [6.45, 7) is 0. The number of rotatable bonds is 4. The smallest absolute Gasteiger partial charge is 0.352 e. The maximum atomic E-state index is 11.3. The highest BCUT2D eigenvalue weighted by Crippen LogP contribution is 2.42. The quantitative estimate of drug-likeness (QED) is 0.688. The van der Waals surface area contributed by atoms with Crippen molar-refractivity contribution in [1.29, 1.82) is 0 Å². The zero-order chi connectivity index (χ0) is 15.1. The average molecular weight is 307 g/mol. The normalized spacial score (nSPS) is 14.1. The van der Waals surface area contributed by atoms with Crippen LogP contribution in [0.15, 0.2) is 30.3 Å². The fourth-order valence-corrected chi connectivity index (χ4v) is 2.61. The Kier molecular flexibility index (Phi) is 3.17. The molecule has 0 bridgehead atoms. The van der Waals surface area contributed by atoms with E-state index < -0.39 is 10.9 Å². The minimum absolute atomic E-state index is 0.0742. The second-order valence-corrected chi connectivity index (χ2v) is 5.34. The van der Waals surface area contributed by atoms with E-state index in [4.69, 9.17) is 11.6 Å². The van der Waals surface area contributed by atoms with E-state index >= 15 is 0 Å². The largest absolute Gasteiger partial charge is 0.477 e. The van der Waals surface area contributed by atoms with Crippen molar-refractivity contribution in [3.63, 3.8) is 0 Å². The molecule has 1 aliphatic rings. The topological polar surface area (TPSA) is 85.4 Å². The predicted octanol–water partition coefficient (Wildman–Crippen LogP) is 3.75. The van der Waals surface area contributed by atoms with Crippen LogP contribution in [-0.4, -0.2) is 20.6 Å². The molecule has 7 heteroatoms. The summed E-state index contributed by atoms with van der Waals surface area (Å²) in [5, 5.41) is 20.5. The highest BCUT2D eigenvalue weighted by atomic mass is 35.5. The number of aromatic nitrogens is 1. The molecule has 3 rings (SSSR count). The highest BCUT2D eigenvalue weighted by Gasteiger charge is 2.30. The first-order chi connectivity index (χ1) is 9.99. The van der Waals surface area contributed by atoms with Gasteiger partial charge in [-0.1, -0.05) is 11.6 Å². The Morgan fingerprint density at radius 3 is 2.62 bits per heavy atom. The number of nitrogens with zero attached hydrogens (tertiary/aromatic N) is 2. The summed E-state index contributed by atoms with van der Waals surface area (Å²) >= 11 is 6.14. The van der Waals surface area contributed by atoms with Gasteiger partial charge in [0.25, 0.3) is 5.69 Å². The van der Waals surface area contributed by atoms with E-state index in [2.05, 4.69) is 0 Å². The highest BCUT2D eigenvalue weighted by molar-refractivity contribution is 6.33. The molecule has 0 radical (unpaired) electrons. The number of carboxylic acid groups (broad SMARTS) is 1. The lowest BCUT2D eigenvalue weighted by atomic mass is 10.1. The lowest BCUT2D eigenvalue weighted by Gasteiger charge is -2.11. The van der Waals surface area contributed by atoms with Gasteiger partial charge in [0.2, 0.25) is 0 Å². The van der Waals surface area contributed by atoms with Crippen molar-refractivity contribution >= 4 is 23.3 Å². The SMILES string of the molecule is O=C(O)c1ccc(-c2cc([N+](=O)[O-])ccc2Cl)n1C1CC1. The van der Waals surface area contributed by atoms with Crippen molar-refractivity contribution in [3.8, 4) is 11.3 Å². The second-order valence-electron chi connectivity index (χ2n) is 4.93. The van der Waals surface area contributed by atoms with Crippen LogP contribution in [0.3, 0.4) is 0 Å². The van der Waals surface area contributed by atoms with Crippen LogP contribution < -0.4 is 0 Å².